The van der Waals surface area contributed by atoms with Crippen molar-refractivity contribution in [1.29, 1.82) is 0 Å². The molecule has 0 aromatic heterocycles. The molecule has 0 aliphatic heterocycles. The molecular formula is C53H101NO5. The first-order valence-electron chi connectivity index (χ1n) is 26.1. The molecule has 0 saturated carbocycles. The third-order valence-corrected chi connectivity index (χ3v) is 12.0. The zero-order valence-electron chi connectivity index (χ0n) is 39.5. The number of ether oxygens (including phenoxy) is 1. The van der Waals surface area contributed by atoms with Crippen LogP contribution in [-0.2, 0) is 14.3 Å². The van der Waals surface area contributed by atoms with Gasteiger partial charge in [0.05, 0.1) is 25.4 Å². The van der Waals surface area contributed by atoms with Gasteiger partial charge in [-0.05, 0) is 57.8 Å². The normalized spacial score (nSPS) is 12.8. The number of aliphatic hydroxyl groups excluding tert-OH is 2. The fourth-order valence-corrected chi connectivity index (χ4v) is 7.92. The van der Waals surface area contributed by atoms with E-state index in [0.717, 1.165) is 64.2 Å². The van der Waals surface area contributed by atoms with E-state index in [0.29, 0.717) is 19.4 Å². The lowest BCUT2D eigenvalue weighted by molar-refractivity contribution is -0.143. The highest BCUT2D eigenvalue weighted by Crippen LogP contribution is 2.16. The van der Waals surface area contributed by atoms with E-state index in [4.69, 9.17) is 4.74 Å². The Kier molecular flexibility index (Phi) is 47.6. The lowest BCUT2D eigenvalue weighted by Crippen LogP contribution is -2.45. The van der Waals surface area contributed by atoms with Gasteiger partial charge < -0.3 is 20.3 Å². The SMILES string of the molecule is CCCCCCCCCCCC/C=C/C(O)C(CO)NC(=O)CCCCCCC/C=C\CCCCCCCCCOC(=O)CCCCCCCCCCCCCCCC. The van der Waals surface area contributed by atoms with E-state index in [1.165, 1.54) is 186 Å². The lowest BCUT2D eigenvalue weighted by atomic mass is 10.0. The molecule has 0 aliphatic rings. The van der Waals surface area contributed by atoms with Crippen molar-refractivity contribution in [3.05, 3.63) is 24.3 Å². The number of carbonyl (C=O) groups is 2. The summed E-state index contributed by atoms with van der Waals surface area (Å²) < 4.78 is 5.46. The van der Waals surface area contributed by atoms with Crippen LogP contribution in [0.25, 0.3) is 0 Å². The Morgan fingerprint density at radius 3 is 1.20 bits per heavy atom. The van der Waals surface area contributed by atoms with Crippen LogP contribution < -0.4 is 5.32 Å². The summed E-state index contributed by atoms with van der Waals surface area (Å²) in [6.45, 7) is 4.87. The lowest BCUT2D eigenvalue weighted by Gasteiger charge is -2.20. The van der Waals surface area contributed by atoms with Gasteiger partial charge in [0.2, 0.25) is 5.91 Å². The van der Waals surface area contributed by atoms with Crippen LogP contribution in [0.4, 0.5) is 0 Å². The molecule has 0 aliphatic carbocycles. The topological polar surface area (TPSA) is 95.9 Å². The van der Waals surface area contributed by atoms with Gasteiger partial charge in [0, 0.05) is 12.8 Å². The molecule has 6 heteroatoms. The minimum absolute atomic E-state index is 0.00202. The second-order valence-electron chi connectivity index (χ2n) is 17.9. The Morgan fingerprint density at radius 1 is 0.458 bits per heavy atom. The fourth-order valence-electron chi connectivity index (χ4n) is 7.92. The van der Waals surface area contributed by atoms with Crippen LogP contribution in [0.3, 0.4) is 0 Å². The average molecular weight is 832 g/mol. The first-order valence-corrected chi connectivity index (χ1v) is 26.1. The number of allylic oxidation sites excluding steroid dienone is 3. The number of aliphatic hydroxyl groups is 2. The molecule has 0 heterocycles. The van der Waals surface area contributed by atoms with Gasteiger partial charge in [-0.2, -0.15) is 0 Å². The van der Waals surface area contributed by atoms with Crippen molar-refractivity contribution in [1.82, 2.24) is 5.32 Å². The van der Waals surface area contributed by atoms with Gasteiger partial charge in [-0.3, -0.25) is 9.59 Å². The number of hydrogen-bond acceptors (Lipinski definition) is 5. The van der Waals surface area contributed by atoms with Gasteiger partial charge in [0.1, 0.15) is 0 Å². The maximum Gasteiger partial charge on any atom is 0.305 e. The van der Waals surface area contributed by atoms with E-state index < -0.39 is 12.1 Å². The molecule has 0 rings (SSSR count). The second kappa shape index (κ2) is 49.0. The van der Waals surface area contributed by atoms with Gasteiger partial charge in [-0.25, -0.2) is 0 Å². The zero-order valence-corrected chi connectivity index (χ0v) is 39.5. The molecule has 2 unspecified atom stereocenters. The highest BCUT2D eigenvalue weighted by atomic mass is 16.5. The Morgan fingerprint density at radius 2 is 0.797 bits per heavy atom. The van der Waals surface area contributed by atoms with E-state index in [1.54, 1.807) is 6.08 Å². The Bertz CT molecular complexity index is 920. The van der Waals surface area contributed by atoms with Crippen LogP contribution in [0.1, 0.15) is 277 Å². The van der Waals surface area contributed by atoms with Crippen molar-refractivity contribution in [2.24, 2.45) is 0 Å². The molecule has 59 heavy (non-hydrogen) atoms. The summed E-state index contributed by atoms with van der Waals surface area (Å²) in [5.74, 6) is -0.0878. The van der Waals surface area contributed by atoms with Gasteiger partial charge in [-0.15, -0.1) is 0 Å². The van der Waals surface area contributed by atoms with Crippen molar-refractivity contribution in [2.75, 3.05) is 13.2 Å². The van der Waals surface area contributed by atoms with Gasteiger partial charge in [-0.1, -0.05) is 231 Å². The van der Waals surface area contributed by atoms with E-state index in [-0.39, 0.29) is 18.5 Å². The number of carbonyl (C=O) groups excluding carboxylic acids is 2. The highest BCUT2D eigenvalue weighted by Gasteiger charge is 2.18. The molecule has 3 N–H and O–H groups in total. The van der Waals surface area contributed by atoms with Crippen LogP contribution in [0, 0.1) is 0 Å². The Balaban J connectivity index is 3.48. The predicted octanol–water partition coefficient (Wildman–Crippen LogP) is 15.5. The summed E-state index contributed by atoms with van der Waals surface area (Å²) in [7, 11) is 0. The van der Waals surface area contributed by atoms with Crippen LogP contribution in [0.5, 0.6) is 0 Å². The van der Waals surface area contributed by atoms with E-state index in [2.05, 4.69) is 31.3 Å². The molecule has 0 radical (unpaired) electrons. The number of rotatable bonds is 48. The third-order valence-electron chi connectivity index (χ3n) is 12.0. The number of unbranched alkanes of at least 4 members (excludes halogenated alkanes) is 35. The molecule has 1 amide bonds. The van der Waals surface area contributed by atoms with E-state index in [9.17, 15) is 19.8 Å². The molecule has 0 fully saturated rings. The quantitative estimate of drug-likeness (QED) is 0.0322. The molecule has 0 aromatic rings. The average Bonchev–Trinajstić information content (AvgIpc) is 3.24. The monoisotopic (exact) mass is 832 g/mol. The van der Waals surface area contributed by atoms with E-state index >= 15 is 0 Å². The first kappa shape index (κ1) is 57.3. The fraction of sp³-hybridized carbons (Fsp3) is 0.887. The van der Waals surface area contributed by atoms with Crippen molar-refractivity contribution in [3.8, 4) is 0 Å². The first-order chi connectivity index (χ1) is 29.0. The summed E-state index contributed by atoms with van der Waals surface area (Å²) in [5, 5.41) is 23.0. The summed E-state index contributed by atoms with van der Waals surface area (Å²) in [5.41, 5.74) is 0. The predicted molar refractivity (Wildman–Crippen MR) is 255 cm³/mol. The number of esters is 1. The number of amides is 1. The maximum atomic E-state index is 12.4. The molecule has 6 nitrogen and oxygen atoms in total. The van der Waals surface area contributed by atoms with Crippen molar-refractivity contribution >= 4 is 11.9 Å². The molecular weight excluding hydrogens is 731 g/mol. The zero-order chi connectivity index (χ0) is 43.0. The summed E-state index contributed by atoms with van der Waals surface area (Å²) in [6, 6.07) is -0.638. The van der Waals surface area contributed by atoms with Crippen LogP contribution in [0.15, 0.2) is 24.3 Å². The number of nitrogens with one attached hydrogen (secondary N) is 1. The van der Waals surface area contributed by atoms with Gasteiger partial charge >= 0.3 is 5.97 Å². The van der Waals surface area contributed by atoms with Crippen LogP contribution in [-0.4, -0.2) is 47.4 Å². The minimum atomic E-state index is -0.853. The summed E-state index contributed by atoms with van der Waals surface area (Å²) >= 11 is 0. The molecule has 348 valence electrons. The van der Waals surface area contributed by atoms with Crippen molar-refractivity contribution in [2.45, 2.75) is 289 Å². The standard InChI is InChI=1S/C53H101NO5/c1-3-5-7-9-11-13-15-17-23-27-31-35-39-43-47-53(58)59-48-44-40-36-32-28-24-21-19-18-20-22-26-30-34-38-42-46-52(57)54-50(49-55)51(56)45-41-37-33-29-25-16-14-12-10-8-6-4-2/h18,20,41,45,50-51,55-56H,3-17,19,21-40,42-44,46-49H2,1-2H3,(H,54,57)/b20-18-,45-41+. The van der Waals surface area contributed by atoms with Gasteiger partial charge in [0.15, 0.2) is 0 Å². The van der Waals surface area contributed by atoms with Crippen LogP contribution >= 0.6 is 0 Å². The maximum absolute atomic E-state index is 12.4. The summed E-state index contributed by atoms with van der Waals surface area (Å²) in [6.07, 6.45) is 57.5. The number of hydrogen-bond donors (Lipinski definition) is 3. The van der Waals surface area contributed by atoms with Crippen LogP contribution in [0.2, 0.25) is 0 Å². The highest BCUT2D eigenvalue weighted by molar-refractivity contribution is 5.76. The van der Waals surface area contributed by atoms with Gasteiger partial charge in [0.25, 0.3) is 0 Å². The minimum Gasteiger partial charge on any atom is -0.466 e. The second-order valence-corrected chi connectivity index (χ2v) is 17.9. The Hall–Kier alpha value is -1.66. The smallest absolute Gasteiger partial charge is 0.305 e. The molecule has 2 atom stereocenters. The summed E-state index contributed by atoms with van der Waals surface area (Å²) in [4.78, 5) is 24.4. The molecule has 0 saturated heterocycles. The Labute approximate surface area is 367 Å². The van der Waals surface area contributed by atoms with E-state index in [1.807, 2.05) is 6.08 Å². The van der Waals surface area contributed by atoms with Crippen molar-refractivity contribution < 1.29 is 24.5 Å². The largest absolute Gasteiger partial charge is 0.466 e. The molecule has 0 bridgehead atoms. The molecule has 0 spiro atoms. The van der Waals surface area contributed by atoms with Crippen molar-refractivity contribution in [3.63, 3.8) is 0 Å². The molecule has 0 aromatic carbocycles. The third kappa shape index (κ3) is 45.7.